The van der Waals surface area contributed by atoms with E-state index in [2.05, 4.69) is 15.5 Å². The molecular weight excluding hydrogens is 555 g/mol. The van der Waals surface area contributed by atoms with Gasteiger partial charge in [-0.15, -0.1) is 10.2 Å². The predicted octanol–water partition coefficient (Wildman–Crippen LogP) is 6.01. The first-order chi connectivity index (χ1) is 19.8. The Labute approximate surface area is 239 Å². The van der Waals surface area contributed by atoms with Crippen molar-refractivity contribution in [3.8, 4) is 0 Å². The Hall–Kier alpha value is -3.41. The second-order valence-corrected chi connectivity index (χ2v) is 12.8. The summed E-state index contributed by atoms with van der Waals surface area (Å²) in [6.07, 6.45) is 0.526. The normalized spacial score (nSPS) is 22.1. The lowest BCUT2D eigenvalue weighted by atomic mass is 9.61. The highest BCUT2D eigenvalue weighted by atomic mass is 19.4. The summed E-state index contributed by atoms with van der Waals surface area (Å²) in [7, 11) is 1.69. The SMILES string of the molecule is Cn1cnnc1C1(c2cc(C3CC3)nc(N3Cc4c(cc(CNC5(C)CCC5)cc4C(F)(F)F)C3=O)c2)CC(F)(F)C1. The van der Waals surface area contributed by atoms with Crippen LogP contribution in [0.3, 0.4) is 0 Å². The van der Waals surface area contributed by atoms with Gasteiger partial charge in [0.15, 0.2) is 0 Å². The fraction of sp³-hybridized carbons (Fsp3) is 0.533. The zero-order chi connectivity index (χ0) is 29.7. The zero-order valence-electron chi connectivity index (χ0n) is 23.4. The molecule has 1 N–H and O–H groups in total. The summed E-state index contributed by atoms with van der Waals surface area (Å²) < 4.78 is 73.4. The van der Waals surface area contributed by atoms with Crippen molar-refractivity contribution in [2.45, 2.75) is 93.9 Å². The van der Waals surface area contributed by atoms with Gasteiger partial charge in [0.1, 0.15) is 18.0 Å². The van der Waals surface area contributed by atoms with Gasteiger partial charge in [-0.25, -0.2) is 13.8 Å². The van der Waals surface area contributed by atoms with Gasteiger partial charge < -0.3 is 9.88 Å². The molecular formula is C30H31F5N6O. The molecule has 1 aliphatic heterocycles. The number of fused-ring (bicyclic) bond motifs is 1. The molecule has 3 aromatic rings. The molecule has 2 aromatic heterocycles. The quantitative estimate of drug-likeness (QED) is 0.343. The van der Waals surface area contributed by atoms with Crippen molar-refractivity contribution < 1.29 is 26.7 Å². The molecule has 3 aliphatic carbocycles. The van der Waals surface area contributed by atoms with E-state index in [1.54, 1.807) is 29.8 Å². The predicted molar refractivity (Wildman–Crippen MR) is 143 cm³/mol. The smallest absolute Gasteiger partial charge is 0.320 e. The third-order valence-corrected chi connectivity index (χ3v) is 9.50. The molecule has 0 unspecified atom stereocenters. The van der Waals surface area contributed by atoms with E-state index in [1.165, 1.54) is 11.2 Å². The van der Waals surface area contributed by atoms with Gasteiger partial charge in [-0.1, -0.05) is 0 Å². The van der Waals surface area contributed by atoms with Crippen molar-refractivity contribution in [2.24, 2.45) is 7.05 Å². The van der Waals surface area contributed by atoms with E-state index in [9.17, 15) is 26.7 Å². The highest BCUT2D eigenvalue weighted by Gasteiger charge is 2.61. The Bertz CT molecular complexity index is 1580. The molecule has 4 aliphatic rings. The number of rotatable bonds is 7. The summed E-state index contributed by atoms with van der Waals surface area (Å²) in [5.74, 6) is -2.83. The monoisotopic (exact) mass is 586 g/mol. The van der Waals surface area contributed by atoms with Gasteiger partial charge in [0.2, 0.25) is 0 Å². The van der Waals surface area contributed by atoms with Crippen LogP contribution in [0, 0.1) is 0 Å². The van der Waals surface area contributed by atoms with Crippen LogP contribution in [-0.4, -0.2) is 37.1 Å². The Kier molecular flexibility index (Phi) is 5.91. The fourth-order valence-electron chi connectivity index (χ4n) is 6.79. The molecule has 0 spiro atoms. The molecule has 3 fully saturated rings. The minimum Gasteiger partial charge on any atom is -0.320 e. The van der Waals surface area contributed by atoms with Gasteiger partial charge in [0, 0.05) is 49.1 Å². The number of hydrogen-bond donors (Lipinski definition) is 1. The van der Waals surface area contributed by atoms with Crippen LogP contribution >= 0.6 is 0 Å². The number of hydrogen-bond acceptors (Lipinski definition) is 5. The third-order valence-electron chi connectivity index (χ3n) is 9.50. The average Bonchev–Trinajstić information content (AvgIpc) is 3.58. The Morgan fingerprint density at radius 2 is 1.83 bits per heavy atom. The largest absolute Gasteiger partial charge is 0.416 e. The van der Waals surface area contributed by atoms with E-state index in [1.807, 2.05) is 6.92 Å². The van der Waals surface area contributed by atoms with E-state index in [4.69, 9.17) is 4.98 Å². The lowest BCUT2D eigenvalue weighted by Gasteiger charge is -2.47. The van der Waals surface area contributed by atoms with Crippen LogP contribution in [0.1, 0.15) is 102 Å². The molecule has 12 heteroatoms. The van der Waals surface area contributed by atoms with Crippen molar-refractivity contribution >= 4 is 11.7 Å². The Balaban J connectivity index is 1.29. The van der Waals surface area contributed by atoms with Crippen molar-refractivity contribution in [2.75, 3.05) is 4.90 Å². The van der Waals surface area contributed by atoms with Crippen LogP contribution in [0.25, 0.3) is 0 Å². The van der Waals surface area contributed by atoms with Crippen molar-refractivity contribution in [1.82, 2.24) is 25.1 Å². The first-order valence-corrected chi connectivity index (χ1v) is 14.3. The number of benzene rings is 1. The van der Waals surface area contributed by atoms with Gasteiger partial charge >= 0.3 is 6.18 Å². The van der Waals surface area contributed by atoms with Crippen molar-refractivity contribution in [1.29, 1.82) is 0 Å². The molecule has 0 atom stereocenters. The number of aryl methyl sites for hydroxylation is 1. The minimum atomic E-state index is -4.65. The lowest BCUT2D eigenvalue weighted by Crippen LogP contribution is -2.51. The number of pyridine rings is 1. The van der Waals surface area contributed by atoms with Gasteiger partial charge in [0.05, 0.1) is 17.5 Å². The number of amides is 1. The number of carbonyl (C=O) groups excluding carboxylic acids is 1. The maximum absolute atomic E-state index is 14.5. The molecule has 42 heavy (non-hydrogen) atoms. The molecule has 3 saturated carbocycles. The van der Waals surface area contributed by atoms with Gasteiger partial charge in [-0.2, -0.15) is 13.2 Å². The summed E-state index contributed by atoms with van der Waals surface area (Å²) >= 11 is 0. The number of carbonyl (C=O) groups is 1. The summed E-state index contributed by atoms with van der Waals surface area (Å²) in [5.41, 5.74) is -0.634. The first-order valence-electron chi connectivity index (χ1n) is 14.3. The van der Waals surface area contributed by atoms with Crippen LogP contribution in [0.4, 0.5) is 27.8 Å². The molecule has 0 bridgehead atoms. The van der Waals surface area contributed by atoms with Crippen LogP contribution < -0.4 is 10.2 Å². The molecule has 0 saturated heterocycles. The number of halogens is 5. The standard InChI is InChI=1S/C30H31F5N6O/c1-27(6-3-7-27)36-12-17-8-20-21(22(9-17)30(33,34)35)13-41(25(20)42)24-11-19(10-23(38-24)18-4-5-18)28(14-29(31,32)15-28)26-39-37-16-40(26)2/h8-11,16,18,36H,3-7,12-15H2,1-2H3. The van der Waals surface area contributed by atoms with Gasteiger partial charge in [0.25, 0.3) is 11.8 Å². The minimum absolute atomic E-state index is 0.00115. The van der Waals surface area contributed by atoms with E-state index in [0.29, 0.717) is 22.6 Å². The van der Waals surface area contributed by atoms with Crippen molar-refractivity contribution in [3.05, 3.63) is 69.9 Å². The second kappa shape index (κ2) is 9.05. The van der Waals surface area contributed by atoms with Crippen LogP contribution in [0.5, 0.6) is 0 Å². The summed E-state index contributed by atoms with van der Waals surface area (Å²) in [5, 5.41) is 11.4. The topological polar surface area (TPSA) is 75.9 Å². The number of anilines is 1. The highest BCUT2D eigenvalue weighted by Crippen LogP contribution is 2.57. The molecule has 0 radical (unpaired) electrons. The molecule has 7 nitrogen and oxygen atoms in total. The number of nitrogens with one attached hydrogen (secondary N) is 1. The number of nitrogens with zero attached hydrogens (tertiary/aromatic N) is 5. The van der Waals surface area contributed by atoms with E-state index in [-0.39, 0.29) is 41.5 Å². The molecule has 222 valence electrons. The van der Waals surface area contributed by atoms with Gasteiger partial charge in [-0.05, 0) is 80.0 Å². The average molecular weight is 587 g/mol. The van der Waals surface area contributed by atoms with Crippen LogP contribution in [0.2, 0.25) is 0 Å². The third kappa shape index (κ3) is 4.49. The van der Waals surface area contributed by atoms with Crippen molar-refractivity contribution in [3.63, 3.8) is 0 Å². The summed E-state index contributed by atoms with van der Waals surface area (Å²) in [6, 6.07) is 6.04. The molecule has 1 amide bonds. The lowest BCUT2D eigenvalue weighted by molar-refractivity contribution is -0.138. The number of aromatic nitrogens is 4. The highest BCUT2D eigenvalue weighted by molar-refractivity contribution is 6.10. The van der Waals surface area contributed by atoms with Gasteiger partial charge in [-0.3, -0.25) is 9.69 Å². The molecule has 3 heterocycles. The Morgan fingerprint density at radius 1 is 1.10 bits per heavy atom. The van der Waals surface area contributed by atoms with E-state index >= 15 is 0 Å². The van der Waals surface area contributed by atoms with Crippen LogP contribution in [0.15, 0.2) is 30.6 Å². The zero-order valence-corrected chi connectivity index (χ0v) is 23.4. The molecule has 7 rings (SSSR count). The van der Waals surface area contributed by atoms with E-state index in [0.717, 1.165) is 38.2 Å². The summed E-state index contributed by atoms with van der Waals surface area (Å²) in [6.45, 7) is 1.96. The van der Waals surface area contributed by atoms with Crippen LogP contribution in [-0.2, 0) is 31.7 Å². The maximum Gasteiger partial charge on any atom is 0.416 e. The maximum atomic E-state index is 14.5. The van der Waals surface area contributed by atoms with E-state index < -0.39 is 41.8 Å². The fourth-order valence-corrected chi connectivity index (χ4v) is 6.79. The molecule has 1 aromatic carbocycles. The first kappa shape index (κ1) is 27.4. The number of alkyl halides is 5. The second-order valence-electron chi connectivity index (χ2n) is 12.8. The Morgan fingerprint density at radius 3 is 2.40 bits per heavy atom. The summed E-state index contributed by atoms with van der Waals surface area (Å²) in [4.78, 5) is 19.7.